The van der Waals surface area contributed by atoms with Gasteiger partial charge in [0.15, 0.2) is 0 Å². The molecular formula is C20H26N4O. The summed E-state index contributed by atoms with van der Waals surface area (Å²) in [7, 11) is 0. The van der Waals surface area contributed by atoms with E-state index in [4.69, 9.17) is 0 Å². The third kappa shape index (κ3) is 4.78. The molecule has 1 aliphatic rings. The predicted molar refractivity (Wildman–Crippen MR) is 101 cm³/mol. The Hall–Kier alpha value is -2.43. The molecule has 0 atom stereocenters. The summed E-state index contributed by atoms with van der Waals surface area (Å²) < 4.78 is 0. The van der Waals surface area contributed by atoms with Gasteiger partial charge in [0.25, 0.3) is 5.91 Å². The first-order valence-electron chi connectivity index (χ1n) is 9.17. The highest BCUT2D eigenvalue weighted by Crippen LogP contribution is 2.31. The van der Waals surface area contributed by atoms with Crippen molar-refractivity contribution in [1.29, 1.82) is 0 Å². The number of hydrogen-bond donors (Lipinski definition) is 1. The monoisotopic (exact) mass is 338 g/mol. The number of hydrogen-bond acceptors (Lipinski definition) is 4. The maximum atomic E-state index is 12.5. The normalized spacial score (nSPS) is 13.5. The number of benzene rings is 1. The second-order valence-corrected chi connectivity index (χ2v) is 6.66. The SMILES string of the molecule is CCCN(CC1CC1)c1cc(C(=O)Nc2ccc(CC)cc2)ncn1. The molecule has 0 unspecified atom stereocenters. The van der Waals surface area contributed by atoms with E-state index < -0.39 is 0 Å². The Balaban J connectivity index is 1.71. The summed E-state index contributed by atoms with van der Waals surface area (Å²) >= 11 is 0. The standard InChI is InChI=1S/C20H26N4O/c1-3-11-24(13-16-5-6-16)19-12-18(21-14-22-19)20(25)23-17-9-7-15(4-2)8-10-17/h7-10,12,14,16H,3-6,11,13H2,1-2H3,(H,23,25). The van der Waals surface area contributed by atoms with Crippen LogP contribution in [0.25, 0.3) is 0 Å². The van der Waals surface area contributed by atoms with E-state index in [1.807, 2.05) is 24.3 Å². The molecule has 0 spiro atoms. The summed E-state index contributed by atoms with van der Waals surface area (Å²) in [5.74, 6) is 1.42. The third-order valence-corrected chi connectivity index (χ3v) is 4.50. The summed E-state index contributed by atoms with van der Waals surface area (Å²) in [6.45, 7) is 6.24. The molecule has 5 nitrogen and oxygen atoms in total. The number of anilines is 2. The molecule has 0 radical (unpaired) electrons. The number of amides is 1. The minimum atomic E-state index is -0.198. The Labute approximate surface area is 149 Å². The number of carbonyl (C=O) groups is 1. The summed E-state index contributed by atoms with van der Waals surface area (Å²) in [6.07, 6.45) is 6.12. The Kier molecular flexibility index (Phi) is 5.64. The summed E-state index contributed by atoms with van der Waals surface area (Å²) in [5, 5.41) is 2.91. The minimum absolute atomic E-state index is 0.198. The van der Waals surface area contributed by atoms with Crippen molar-refractivity contribution in [1.82, 2.24) is 9.97 Å². The maximum absolute atomic E-state index is 12.5. The van der Waals surface area contributed by atoms with Crippen LogP contribution in [0, 0.1) is 5.92 Å². The van der Waals surface area contributed by atoms with Crippen LogP contribution in [0.5, 0.6) is 0 Å². The van der Waals surface area contributed by atoms with E-state index in [-0.39, 0.29) is 5.91 Å². The molecule has 0 aliphatic heterocycles. The minimum Gasteiger partial charge on any atom is -0.356 e. The van der Waals surface area contributed by atoms with Gasteiger partial charge in [0.2, 0.25) is 0 Å². The smallest absolute Gasteiger partial charge is 0.274 e. The van der Waals surface area contributed by atoms with Crippen LogP contribution < -0.4 is 10.2 Å². The molecular weight excluding hydrogens is 312 g/mol. The van der Waals surface area contributed by atoms with Crippen LogP contribution in [0.2, 0.25) is 0 Å². The Bertz CT molecular complexity index is 710. The van der Waals surface area contributed by atoms with Crippen LogP contribution in [-0.2, 0) is 6.42 Å². The Morgan fingerprint density at radius 3 is 2.60 bits per heavy atom. The van der Waals surface area contributed by atoms with Gasteiger partial charge in [-0.1, -0.05) is 26.0 Å². The number of aromatic nitrogens is 2. The second-order valence-electron chi connectivity index (χ2n) is 6.66. The van der Waals surface area contributed by atoms with Crippen molar-refractivity contribution in [2.24, 2.45) is 5.92 Å². The summed E-state index contributed by atoms with van der Waals surface area (Å²) in [6, 6.07) is 9.71. The zero-order chi connectivity index (χ0) is 17.6. The van der Waals surface area contributed by atoms with Gasteiger partial charge >= 0.3 is 0 Å². The molecule has 1 amide bonds. The fraction of sp³-hybridized carbons (Fsp3) is 0.450. The first-order chi connectivity index (χ1) is 12.2. The van der Waals surface area contributed by atoms with Gasteiger partial charge in [-0.15, -0.1) is 0 Å². The summed E-state index contributed by atoms with van der Waals surface area (Å²) in [4.78, 5) is 23.3. The fourth-order valence-electron chi connectivity index (χ4n) is 2.84. The van der Waals surface area contributed by atoms with Gasteiger partial charge < -0.3 is 10.2 Å². The quantitative estimate of drug-likeness (QED) is 0.792. The highest BCUT2D eigenvalue weighted by molar-refractivity contribution is 6.03. The molecule has 3 rings (SSSR count). The van der Waals surface area contributed by atoms with Gasteiger partial charge in [0, 0.05) is 24.8 Å². The van der Waals surface area contributed by atoms with Crippen molar-refractivity contribution >= 4 is 17.4 Å². The first kappa shape index (κ1) is 17.4. The van der Waals surface area contributed by atoms with Crippen LogP contribution in [0.15, 0.2) is 36.7 Å². The summed E-state index contributed by atoms with van der Waals surface area (Å²) in [5.41, 5.74) is 2.44. The van der Waals surface area contributed by atoms with Gasteiger partial charge in [-0.25, -0.2) is 9.97 Å². The number of aryl methyl sites for hydroxylation is 1. The van der Waals surface area contributed by atoms with Crippen molar-refractivity contribution in [3.63, 3.8) is 0 Å². The van der Waals surface area contributed by atoms with Crippen LogP contribution in [0.3, 0.4) is 0 Å². The van der Waals surface area contributed by atoms with E-state index in [1.54, 1.807) is 6.07 Å². The lowest BCUT2D eigenvalue weighted by Gasteiger charge is -2.23. The molecule has 1 aliphatic carbocycles. The highest BCUT2D eigenvalue weighted by Gasteiger charge is 2.25. The molecule has 1 N–H and O–H groups in total. The number of rotatable bonds is 8. The topological polar surface area (TPSA) is 58.1 Å². The van der Waals surface area contributed by atoms with E-state index in [2.05, 4.69) is 34.0 Å². The van der Waals surface area contributed by atoms with Gasteiger partial charge in [0.05, 0.1) is 0 Å². The van der Waals surface area contributed by atoms with Crippen LogP contribution in [0.4, 0.5) is 11.5 Å². The molecule has 1 heterocycles. The van der Waals surface area contributed by atoms with E-state index in [1.165, 1.54) is 24.7 Å². The average molecular weight is 338 g/mol. The molecule has 2 aromatic rings. The Morgan fingerprint density at radius 1 is 1.20 bits per heavy atom. The molecule has 1 saturated carbocycles. The van der Waals surface area contributed by atoms with E-state index >= 15 is 0 Å². The van der Waals surface area contributed by atoms with Gasteiger partial charge in [-0.2, -0.15) is 0 Å². The van der Waals surface area contributed by atoms with Crippen LogP contribution in [-0.4, -0.2) is 29.0 Å². The van der Waals surface area contributed by atoms with E-state index in [0.29, 0.717) is 5.69 Å². The lowest BCUT2D eigenvalue weighted by molar-refractivity contribution is 0.102. The van der Waals surface area contributed by atoms with Crippen molar-refractivity contribution in [3.05, 3.63) is 47.9 Å². The maximum Gasteiger partial charge on any atom is 0.274 e. The van der Waals surface area contributed by atoms with Crippen molar-refractivity contribution < 1.29 is 4.79 Å². The molecule has 0 saturated heterocycles. The molecule has 132 valence electrons. The predicted octanol–water partition coefficient (Wildman–Crippen LogP) is 3.92. The second kappa shape index (κ2) is 8.10. The van der Waals surface area contributed by atoms with Gasteiger partial charge in [-0.05, 0) is 49.3 Å². The van der Waals surface area contributed by atoms with Crippen molar-refractivity contribution in [3.8, 4) is 0 Å². The number of nitrogens with one attached hydrogen (secondary N) is 1. The van der Waals surface area contributed by atoms with Crippen molar-refractivity contribution in [2.75, 3.05) is 23.3 Å². The average Bonchev–Trinajstić information content (AvgIpc) is 3.46. The lowest BCUT2D eigenvalue weighted by atomic mass is 10.1. The van der Waals surface area contributed by atoms with Gasteiger partial charge in [0.1, 0.15) is 17.8 Å². The van der Waals surface area contributed by atoms with Gasteiger partial charge in [-0.3, -0.25) is 4.79 Å². The van der Waals surface area contributed by atoms with Crippen molar-refractivity contribution in [2.45, 2.75) is 39.5 Å². The molecule has 1 aromatic heterocycles. The van der Waals surface area contributed by atoms with E-state index in [9.17, 15) is 4.79 Å². The first-order valence-corrected chi connectivity index (χ1v) is 9.17. The number of carbonyl (C=O) groups excluding carboxylic acids is 1. The van der Waals surface area contributed by atoms with Crippen LogP contribution in [0.1, 0.15) is 49.2 Å². The molecule has 5 heteroatoms. The molecule has 25 heavy (non-hydrogen) atoms. The molecule has 1 fully saturated rings. The largest absolute Gasteiger partial charge is 0.356 e. The highest BCUT2D eigenvalue weighted by atomic mass is 16.1. The Morgan fingerprint density at radius 2 is 1.96 bits per heavy atom. The fourth-order valence-corrected chi connectivity index (χ4v) is 2.84. The lowest BCUT2D eigenvalue weighted by Crippen LogP contribution is -2.28. The van der Waals surface area contributed by atoms with E-state index in [0.717, 1.165) is 43.4 Å². The number of nitrogens with zero attached hydrogens (tertiary/aromatic N) is 3. The molecule has 0 bridgehead atoms. The van der Waals surface area contributed by atoms with Crippen LogP contribution >= 0.6 is 0 Å². The zero-order valence-electron chi connectivity index (χ0n) is 15.0. The third-order valence-electron chi connectivity index (χ3n) is 4.50. The molecule has 1 aromatic carbocycles. The zero-order valence-corrected chi connectivity index (χ0v) is 15.0.